The molecule has 0 saturated carbocycles. The van der Waals surface area contributed by atoms with Gasteiger partial charge in [0.15, 0.2) is 5.76 Å². The number of halogens is 1. The predicted molar refractivity (Wildman–Crippen MR) is 103 cm³/mol. The van der Waals surface area contributed by atoms with Gasteiger partial charge in [0.05, 0.1) is 13.0 Å². The third-order valence-corrected chi connectivity index (χ3v) is 4.89. The Morgan fingerprint density at radius 3 is 2.96 bits per heavy atom. The number of carbonyl (C=O) groups is 1. The Balaban J connectivity index is 1.38. The molecule has 0 spiro atoms. The predicted octanol–water partition coefficient (Wildman–Crippen LogP) is 4.18. The van der Waals surface area contributed by atoms with E-state index >= 15 is 0 Å². The van der Waals surface area contributed by atoms with Crippen LogP contribution in [0.2, 0.25) is 5.02 Å². The largest absolute Gasteiger partial charge is 0.490 e. The van der Waals surface area contributed by atoms with Gasteiger partial charge in [-0.05, 0) is 30.2 Å². The lowest BCUT2D eigenvalue weighted by atomic mass is 10.1. The van der Waals surface area contributed by atoms with E-state index in [9.17, 15) is 4.79 Å². The van der Waals surface area contributed by atoms with Gasteiger partial charge in [0, 0.05) is 23.1 Å². The minimum Gasteiger partial charge on any atom is -0.490 e. The first-order chi connectivity index (χ1) is 13.1. The summed E-state index contributed by atoms with van der Waals surface area (Å²) in [5, 5.41) is 7.47. The van der Waals surface area contributed by atoms with E-state index in [-0.39, 0.29) is 18.4 Å². The lowest BCUT2D eigenvalue weighted by Crippen LogP contribution is -2.24. The van der Waals surface area contributed by atoms with Crippen LogP contribution in [0.4, 0.5) is 0 Å². The molecule has 5 nitrogen and oxygen atoms in total. The number of amides is 1. The van der Waals surface area contributed by atoms with Gasteiger partial charge in [-0.2, -0.15) is 0 Å². The number of hydrogen-bond acceptors (Lipinski definition) is 4. The summed E-state index contributed by atoms with van der Waals surface area (Å²) in [6.07, 6.45) is 1.35. The monoisotopic (exact) mass is 382 g/mol. The van der Waals surface area contributed by atoms with Crippen molar-refractivity contribution in [1.29, 1.82) is 0 Å². The fraction of sp³-hybridized carbons (Fsp3) is 0.238. The summed E-state index contributed by atoms with van der Waals surface area (Å²) in [4.78, 5) is 12.1. The lowest BCUT2D eigenvalue weighted by Gasteiger charge is -2.04. The Labute approximate surface area is 162 Å². The van der Waals surface area contributed by atoms with Crippen molar-refractivity contribution in [2.45, 2.75) is 32.4 Å². The maximum absolute atomic E-state index is 12.1. The molecular formula is C21H19ClN2O3. The SMILES string of the molecule is CC1Cc2ccc(-c3cc(CNC(=O)Cc4ccccc4Cl)no3)cc2O1. The molecule has 4 rings (SSSR count). The number of fused-ring (bicyclic) bond motifs is 1. The lowest BCUT2D eigenvalue weighted by molar-refractivity contribution is -0.120. The minimum atomic E-state index is -0.118. The summed E-state index contributed by atoms with van der Waals surface area (Å²) >= 11 is 6.09. The summed E-state index contributed by atoms with van der Waals surface area (Å²) in [6, 6.07) is 15.2. The average Bonchev–Trinajstić information content (AvgIpc) is 3.26. The number of benzene rings is 2. The van der Waals surface area contributed by atoms with Crippen molar-refractivity contribution in [3.8, 4) is 17.1 Å². The molecule has 2 heterocycles. The average molecular weight is 383 g/mol. The Morgan fingerprint density at radius 2 is 2.11 bits per heavy atom. The number of aromatic nitrogens is 1. The van der Waals surface area contributed by atoms with Crippen molar-refractivity contribution in [2.24, 2.45) is 0 Å². The number of nitrogens with zero attached hydrogens (tertiary/aromatic N) is 1. The summed E-state index contributed by atoms with van der Waals surface area (Å²) in [7, 11) is 0. The van der Waals surface area contributed by atoms with Crippen LogP contribution in [-0.4, -0.2) is 17.2 Å². The number of hydrogen-bond donors (Lipinski definition) is 1. The molecule has 1 amide bonds. The second kappa shape index (κ2) is 7.45. The van der Waals surface area contributed by atoms with Crippen LogP contribution in [-0.2, 0) is 24.2 Å². The molecule has 0 bridgehead atoms. The van der Waals surface area contributed by atoms with E-state index in [1.807, 2.05) is 36.4 Å². The van der Waals surface area contributed by atoms with Gasteiger partial charge in [-0.15, -0.1) is 0 Å². The highest BCUT2D eigenvalue weighted by molar-refractivity contribution is 6.31. The number of rotatable bonds is 5. The highest BCUT2D eigenvalue weighted by atomic mass is 35.5. The molecule has 3 aromatic rings. The van der Waals surface area contributed by atoms with Gasteiger partial charge in [-0.25, -0.2) is 0 Å². The van der Waals surface area contributed by atoms with Crippen LogP contribution in [0.5, 0.6) is 5.75 Å². The second-order valence-corrected chi connectivity index (χ2v) is 7.09. The van der Waals surface area contributed by atoms with E-state index in [2.05, 4.69) is 23.5 Å². The van der Waals surface area contributed by atoms with Crippen molar-refractivity contribution in [3.05, 3.63) is 70.4 Å². The van der Waals surface area contributed by atoms with Crippen LogP contribution in [0.3, 0.4) is 0 Å². The molecule has 2 aromatic carbocycles. The van der Waals surface area contributed by atoms with Crippen LogP contribution in [0, 0.1) is 0 Å². The second-order valence-electron chi connectivity index (χ2n) is 6.68. The molecule has 1 atom stereocenters. The normalized spacial score (nSPS) is 15.3. The fourth-order valence-electron chi connectivity index (χ4n) is 3.15. The molecule has 0 fully saturated rings. The van der Waals surface area contributed by atoms with E-state index in [1.54, 1.807) is 6.07 Å². The maximum Gasteiger partial charge on any atom is 0.224 e. The number of carbonyl (C=O) groups excluding carboxylic acids is 1. The van der Waals surface area contributed by atoms with E-state index in [0.29, 0.717) is 23.0 Å². The fourth-order valence-corrected chi connectivity index (χ4v) is 3.35. The number of nitrogens with one attached hydrogen (secondary N) is 1. The van der Waals surface area contributed by atoms with Crippen LogP contribution < -0.4 is 10.1 Å². The third-order valence-electron chi connectivity index (χ3n) is 4.52. The third kappa shape index (κ3) is 3.98. The zero-order chi connectivity index (χ0) is 18.8. The van der Waals surface area contributed by atoms with Crippen molar-refractivity contribution in [3.63, 3.8) is 0 Å². The van der Waals surface area contributed by atoms with Gasteiger partial charge < -0.3 is 14.6 Å². The van der Waals surface area contributed by atoms with Gasteiger partial charge in [0.1, 0.15) is 17.5 Å². The van der Waals surface area contributed by atoms with E-state index in [0.717, 1.165) is 23.3 Å². The molecule has 0 aliphatic carbocycles. The Kier molecular flexibility index (Phi) is 4.86. The van der Waals surface area contributed by atoms with Crippen molar-refractivity contribution < 1.29 is 14.1 Å². The standard InChI is InChI=1S/C21H19ClN2O3/c1-13-8-15-6-7-16(9-19(15)26-13)20-11-17(24-27-20)12-23-21(25)10-14-4-2-3-5-18(14)22/h2-7,9,11,13H,8,10,12H2,1H3,(H,23,25). The minimum absolute atomic E-state index is 0.118. The summed E-state index contributed by atoms with van der Waals surface area (Å²) in [6.45, 7) is 2.35. The molecule has 138 valence electrons. The smallest absolute Gasteiger partial charge is 0.224 e. The highest BCUT2D eigenvalue weighted by Crippen LogP contribution is 2.33. The first-order valence-electron chi connectivity index (χ1n) is 8.84. The quantitative estimate of drug-likeness (QED) is 0.719. The molecule has 1 unspecified atom stereocenters. The molecule has 0 radical (unpaired) electrons. The van der Waals surface area contributed by atoms with Crippen molar-refractivity contribution in [1.82, 2.24) is 10.5 Å². The zero-order valence-corrected chi connectivity index (χ0v) is 15.6. The topological polar surface area (TPSA) is 64.4 Å². The zero-order valence-electron chi connectivity index (χ0n) is 14.9. The van der Waals surface area contributed by atoms with Crippen molar-refractivity contribution in [2.75, 3.05) is 0 Å². The van der Waals surface area contributed by atoms with Crippen LogP contribution >= 0.6 is 11.6 Å². The van der Waals surface area contributed by atoms with Crippen LogP contribution in [0.1, 0.15) is 23.7 Å². The summed E-state index contributed by atoms with van der Waals surface area (Å²) < 4.78 is 11.2. The van der Waals surface area contributed by atoms with Gasteiger partial charge in [0.2, 0.25) is 5.91 Å². The molecule has 1 aliphatic heterocycles. The molecular weight excluding hydrogens is 364 g/mol. The van der Waals surface area contributed by atoms with Gasteiger partial charge >= 0.3 is 0 Å². The summed E-state index contributed by atoms with van der Waals surface area (Å²) in [5.74, 6) is 1.43. The molecule has 1 N–H and O–H groups in total. The van der Waals surface area contributed by atoms with Gasteiger partial charge in [-0.3, -0.25) is 4.79 Å². The van der Waals surface area contributed by atoms with E-state index in [4.69, 9.17) is 20.9 Å². The molecule has 1 aliphatic rings. The highest BCUT2D eigenvalue weighted by Gasteiger charge is 2.20. The number of ether oxygens (including phenoxy) is 1. The molecule has 6 heteroatoms. The summed E-state index contributed by atoms with van der Waals surface area (Å²) in [5.41, 5.74) is 3.57. The first kappa shape index (κ1) is 17.6. The van der Waals surface area contributed by atoms with E-state index < -0.39 is 0 Å². The van der Waals surface area contributed by atoms with E-state index in [1.165, 1.54) is 5.56 Å². The van der Waals surface area contributed by atoms with Gasteiger partial charge in [-0.1, -0.05) is 47.1 Å². The Morgan fingerprint density at radius 1 is 1.26 bits per heavy atom. The Bertz CT molecular complexity index is 983. The van der Waals surface area contributed by atoms with Crippen molar-refractivity contribution >= 4 is 17.5 Å². The van der Waals surface area contributed by atoms with Crippen LogP contribution in [0.15, 0.2) is 53.1 Å². The maximum atomic E-state index is 12.1. The molecule has 1 aromatic heterocycles. The Hall–Kier alpha value is -2.79. The first-order valence-corrected chi connectivity index (χ1v) is 9.22. The molecule has 0 saturated heterocycles. The van der Waals surface area contributed by atoms with Crippen LogP contribution in [0.25, 0.3) is 11.3 Å². The molecule has 27 heavy (non-hydrogen) atoms. The van der Waals surface area contributed by atoms with Gasteiger partial charge in [0.25, 0.3) is 0 Å².